The molecule has 1 aromatic carbocycles. The molecule has 0 aliphatic rings. The van der Waals surface area contributed by atoms with Crippen LogP contribution in [0.2, 0.25) is 0 Å². The van der Waals surface area contributed by atoms with Crippen molar-refractivity contribution in [2.45, 2.75) is 26.2 Å². The molecule has 77 valence electrons. The maximum atomic E-state index is 3.37. The minimum atomic E-state index is 1.20. The summed E-state index contributed by atoms with van der Waals surface area (Å²) >= 11 is 1.76. The zero-order valence-electron chi connectivity index (χ0n) is 8.99. The smallest absolute Gasteiger partial charge is 0.0530 e. The number of benzene rings is 1. The Morgan fingerprint density at radius 3 is 2.73 bits per heavy atom. The van der Waals surface area contributed by atoms with Gasteiger partial charge in [-0.15, -0.1) is 11.3 Å². The predicted octanol–water partition coefficient (Wildman–Crippen LogP) is 4.56. The van der Waals surface area contributed by atoms with Crippen LogP contribution in [0.1, 0.15) is 24.6 Å². The first-order valence-electron chi connectivity index (χ1n) is 5.46. The van der Waals surface area contributed by atoms with Gasteiger partial charge in [0.25, 0.3) is 0 Å². The highest BCUT2D eigenvalue weighted by Crippen LogP contribution is 2.25. The molecule has 0 atom stereocenters. The van der Waals surface area contributed by atoms with E-state index in [1.165, 1.54) is 35.3 Å². The molecule has 1 radical (unpaired) electrons. The fraction of sp³-hybridized carbons (Fsp3) is 0.286. The molecule has 0 saturated carbocycles. The average molecular weight is 215 g/mol. The molecule has 0 aliphatic heterocycles. The number of thiophene rings is 1. The molecule has 0 nitrogen and oxygen atoms in total. The van der Waals surface area contributed by atoms with Crippen LogP contribution in [0.25, 0.3) is 11.1 Å². The van der Waals surface area contributed by atoms with Crippen LogP contribution < -0.4 is 0 Å². The summed E-state index contributed by atoms with van der Waals surface area (Å²) in [6.07, 6.45) is 3.74. The summed E-state index contributed by atoms with van der Waals surface area (Å²) in [6.45, 7) is 2.23. The molecule has 15 heavy (non-hydrogen) atoms. The number of unbranched alkanes of at least 4 members (excludes halogenated alkanes) is 1. The number of rotatable bonds is 4. The largest absolute Gasteiger partial charge is 0.139 e. The van der Waals surface area contributed by atoms with Gasteiger partial charge in [0.15, 0.2) is 0 Å². The van der Waals surface area contributed by atoms with Crippen molar-refractivity contribution in [2.24, 2.45) is 0 Å². The standard InChI is InChI=1S/C14H15S/c1-2-3-9-14-10-13(11-15-14)12-7-5-4-6-8-12/h4-8,10H,2-3,9H2,1H3. The normalized spacial score (nSPS) is 10.5. The highest BCUT2D eigenvalue weighted by molar-refractivity contribution is 7.09. The van der Waals surface area contributed by atoms with Crippen LogP contribution in [0.3, 0.4) is 0 Å². The van der Waals surface area contributed by atoms with Crippen LogP contribution in [-0.2, 0) is 6.42 Å². The van der Waals surface area contributed by atoms with E-state index >= 15 is 0 Å². The molecule has 1 heterocycles. The lowest BCUT2D eigenvalue weighted by atomic mass is 10.1. The first kappa shape index (κ1) is 10.4. The highest BCUT2D eigenvalue weighted by Gasteiger charge is 2.01. The Bertz CT molecular complexity index is 400. The van der Waals surface area contributed by atoms with Crippen LogP contribution in [-0.4, -0.2) is 0 Å². The van der Waals surface area contributed by atoms with Crippen LogP contribution in [0.5, 0.6) is 0 Å². The Hall–Kier alpha value is -1.08. The van der Waals surface area contributed by atoms with Gasteiger partial charge < -0.3 is 0 Å². The molecule has 0 fully saturated rings. The predicted molar refractivity (Wildman–Crippen MR) is 67.2 cm³/mol. The summed E-state index contributed by atoms with van der Waals surface area (Å²) in [5, 5.41) is 3.37. The second-order valence-electron chi connectivity index (χ2n) is 3.70. The first-order chi connectivity index (χ1) is 7.40. The zero-order chi connectivity index (χ0) is 10.5. The fourth-order valence-corrected chi connectivity index (χ4v) is 2.42. The zero-order valence-corrected chi connectivity index (χ0v) is 9.81. The van der Waals surface area contributed by atoms with Gasteiger partial charge in [0.2, 0.25) is 0 Å². The van der Waals surface area contributed by atoms with Crippen molar-refractivity contribution < 1.29 is 0 Å². The maximum Gasteiger partial charge on any atom is 0.0530 e. The summed E-state index contributed by atoms with van der Waals surface area (Å²) in [5.41, 5.74) is 2.52. The van der Waals surface area contributed by atoms with Crippen molar-refractivity contribution >= 4 is 11.3 Å². The van der Waals surface area contributed by atoms with Gasteiger partial charge >= 0.3 is 0 Å². The fourth-order valence-electron chi connectivity index (χ4n) is 1.57. The van der Waals surface area contributed by atoms with Crippen LogP contribution in [0, 0.1) is 5.38 Å². The molecule has 1 heteroatoms. The van der Waals surface area contributed by atoms with Gasteiger partial charge in [0.05, 0.1) is 5.38 Å². The maximum absolute atomic E-state index is 3.37. The van der Waals surface area contributed by atoms with Gasteiger partial charge in [-0.25, -0.2) is 0 Å². The lowest BCUT2D eigenvalue weighted by molar-refractivity contribution is 0.804. The molecule has 0 aliphatic carbocycles. The lowest BCUT2D eigenvalue weighted by Gasteiger charge is -1.95. The molecule has 2 rings (SSSR count). The summed E-state index contributed by atoms with van der Waals surface area (Å²) in [7, 11) is 0. The Kier molecular flexibility index (Phi) is 3.57. The van der Waals surface area contributed by atoms with Gasteiger partial charge in [-0.1, -0.05) is 43.7 Å². The molecule has 0 spiro atoms. The molecule has 0 N–H and O–H groups in total. The second kappa shape index (κ2) is 5.13. The van der Waals surface area contributed by atoms with E-state index in [-0.39, 0.29) is 0 Å². The molecule has 0 unspecified atom stereocenters. The van der Waals surface area contributed by atoms with Crippen molar-refractivity contribution in [2.75, 3.05) is 0 Å². The Morgan fingerprint density at radius 1 is 1.20 bits per heavy atom. The quantitative estimate of drug-likeness (QED) is 0.701. The lowest BCUT2D eigenvalue weighted by Crippen LogP contribution is -1.77. The van der Waals surface area contributed by atoms with Gasteiger partial charge in [-0.05, 0) is 24.5 Å². The molecular weight excluding hydrogens is 200 g/mol. The number of hydrogen-bond donors (Lipinski definition) is 0. The number of aryl methyl sites for hydroxylation is 1. The summed E-state index contributed by atoms with van der Waals surface area (Å²) in [4.78, 5) is 1.45. The monoisotopic (exact) mass is 215 g/mol. The Labute approximate surface area is 95.6 Å². The summed E-state index contributed by atoms with van der Waals surface area (Å²) in [6, 6.07) is 12.8. The molecule has 2 aromatic rings. The van der Waals surface area contributed by atoms with Crippen molar-refractivity contribution in [3.8, 4) is 11.1 Å². The average Bonchev–Trinajstić information content (AvgIpc) is 2.76. The van der Waals surface area contributed by atoms with Crippen LogP contribution in [0.4, 0.5) is 0 Å². The SMILES string of the molecule is CCCCc1cc(-c2ccccc2)[c]s1. The van der Waals surface area contributed by atoms with E-state index in [9.17, 15) is 0 Å². The van der Waals surface area contributed by atoms with Crippen molar-refractivity contribution in [1.82, 2.24) is 0 Å². The van der Waals surface area contributed by atoms with Crippen molar-refractivity contribution in [3.63, 3.8) is 0 Å². The van der Waals surface area contributed by atoms with Crippen molar-refractivity contribution in [1.29, 1.82) is 0 Å². The van der Waals surface area contributed by atoms with E-state index in [0.29, 0.717) is 0 Å². The summed E-state index contributed by atoms with van der Waals surface area (Å²) in [5.74, 6) is 0. The third-order valence-electron chi connectivity index (χ3n) is 2.46. The first-order valence-corrected chi connectivity index (χ1v) is 6.27. The Balaban J connectivity index is 2.14. The molecule has 0 amide bonds. The van der Waals surface area contributed by atoms with Crippen molar-refractivity contribution in [3.05, 3.63) is 46.7 Å². The van der Waals surface area contributed by atoms with Crippen LogP contribution >= 0.6 is 11.3 Å². The minimum Gasteiger partial charge on any atom is -0.139 e. The molecule has 1 aromatic heterocycles. The number of hydrogen-bond acceptors (Lipinski definition) is 1. The van der Waals surface area contributed by atoms with Gasteiger partial charge in [0.1, 0.15) is 0 Å². The third kappa shape index (κ3) is 2.69. The minimum absolute atomic E-state index is 1.20. The summed E-state index contributed by atoms with van der Waals surface area (Å²) < 4.78 is 0. The van der Waals surface area contributed by atoms with E-state index in [2.05, 4.69) is 42.6 Å². The van der Waals surface area contributed by atoms with E-state index in [1.54, 1.807) is 11.3 Å². The molecule has 0 saturated heterocycles. The van der Waals surface area contributed by atoms with E-state index in [4.69, 9.17) is 0 Å². The third-order valence-corrected chi connectivity index (χ3v) is 3.37. The highest BCUT2D eigenvalue weighted by atomic mass is 32.1. The van der Waals surface area contributed by atoms with E-state index in [1.807, 2.05) is 6.07 Å². The van der Waals surface area contributed by atoms with Gasteiger partial charge in [0, 0.05) is 10.4 Å². The van der Waals surface area contributed by atoms with Gasteiger partial charge in [-0.3, -0.25) is 0 Å². The second-order valence-corrected chi connectivity index (χ2v) is 4.63. The Morgan fingerprint density at radius 2 is 2.00 bits per heavy atom. The topological polar surface area (TPSA) is 0 Å². The van der Waals surface area contributed by atoms with Crippen LogP contribution in [0.15, 0.2) is 36.4 Å². The van der Waals surface area contributed by atoms with E-state index in [0.717, 1.165) is 0 Å². The van der Waals surface area contributed by atoms with Gasteiger partial charge in [-0.2, -0.15) is 0 Å². The van der Waals surface area contributed by atoms with E-state index < -0.39 is 0 Å². The molecule has 0 bridgehead atoms. The molecular formula is C14H15S.